The van der Waals surface area contributed by atoms with Crippen molar-refractivity contribution in [2.24, 2.45) is 0 Å². The Bertz CT molecular complexity index is 1010. The van der Waals surface area contributed by atoms with Crippen LogP contribution in [-0.4, -0.2) is 23.9 Å². The number of phenols is 1. The van der Waals surface area contributed by atoms with Crippen molar-refractivity contribution in [3.05, 3.63) is 83.4 Å². The van der Waals surface area contributed by atoms with Gasteiger partial charge in [-0.3, -0.25) is 9.59 Å². The van der Waals surface area contributed by atoms with Gasteiger partial charge in [0.2, 0.25) is 0 Å². The van der Waals surface area contributed by atoms with Gasteiger partial charge in [-0.25, -0.2) is 0 Å². The predicted octanol–water partition coefficient (Wildman–Crippen LogP) is 4.43. The molecule has 0 aliphatic rings. The molecule has 0 aliphatic carbocycles. The van der Waals surface area contributed by atoms with Crippen LogP contribution in [0.4, 0.5) is 5.69 Å². The summed E-state index contributed by atoms with van der Waals surface area (Å²) in [5.74, 6) is 0.482. The Balaban J connectivity index is 1.63. The topological polar surface area (TPSA) is 84.9 Å². The van der Waals surface area contributed by atoms with E-state index >= 15 is 0 Å². The van der Waals surface area contributed by atoms with Gasteiger partial charge in [0, 0.05) is 5.56 Å². The summed E-state index contributed by atoms with van der Waals surface area (Å²) in [4.78, 5) is 24.0. The number of rotatable bonds is 7. The molecule has 3 rings (SSSR count). The van der Waals surface area contributed by atoms with E-state index < -0.39 is 5.91 Å². The average Bonchev–Trinajstić information content (AvgIpc) is 2.74. The minimum Gasteiger partial charge on any atom is -0.505 e. The lowest BCUT2D eigenvalue weighted by atomic mass is 10.1. The highest BCUT2D eigenvalue weighted by Gasteiger charge is 2.14. The van der Waals surface area contributed by atoms with Crippen LogP contribution in [0.2, 0.25) is 0 Å². The van der Waals surface area contributed by atoms with Crippen molar-refractivity contribution in [1.29, 1.82) is 0 Å². The maximum atomic E-state index is 12.4. The van der Waals surface area contributed by atoms with Gasteiger partial charge in [0.1, 0.15) is 23.9 Å². The summed E-state index contributed by atoms with van der Waals surface area (Å²) in [6, 6.07) is 18.9. The summed E-state index contributed by atoms with van der Waals surface area (Å²) in [5.41, 5.74) is 1.73. The fourth-order valence-corrected chi connectivity index (χ4v) is 2.71. The summed E-state index contributed by atoms with van der Waals surface area (Å²) in [7, 11) is 1.62. The smallest absolute Gasteiger partial charge is 0.255 e. The predicted molar refractivity (Wildman–Crippen MR) is 110 cm³/mol. The average molecular weight is 391 g/mol. The monoisotopic (exact) mass is 391 g/mol. The second kappa shape index (κ2) is 8.93. The second-order valence-corrected chi connectivity index (χ2v) is 6.37. The molecule has 1 amide bonds. The number of ether oxygens (including phenoxy) is 2. The van der Waals surface area contributed by atoms with Gasteiger partial charge in [-0.1, -0.05) is 18.2 Å². The number of para-hydroxylation sites is 1. The lowest BCUT2D eigenvalue weighted by molar-refractivity contribution is 0.100. The van der Waals surface area contributed by atoms with Gasteiger partial charge in [0.05, 0.1) is 18.4 Å². The maximum absolute atomic E-state index is 12.4. The standard InChI is InChI=1S/C23H21NO5/c1-15(25)20-4-3-5-21(22(20)26)24-23(27)17-8-12-19(13-9-17)29-14-16-6-10-18(28-2)11-7-16/h3-13,26H,14H2,1-2H3,(H,24,27). The zero-order valence-corrected chi connectivity index (χ0v) is 16.1. The molecule has 0 bridgehead atoms. The van der Waals surface area contributed by atoms with E-state index in [1.165, 1.54) is 19.1 Å². The Morgan fingerprint density at radius 2 is 1.59 bits per heavy atom. The van der Waals surface area contributed by atoms with E-state index in [1.807, 2.05) is 24.3 Å². The second-order valence-electron chi connectivity index (χ2n) is 6.37. The van der Waals surface area contributed by atoms with Crippen molar-refractivity contribution in [3.8, 4) is 17.2 Å². The lowest BCUT2D eigenvalue weighted by Gasteiger charge is -2.10. The van der Waals surface area contributed by atoms with Crippen LogP contribution in [0, 0.1) is 0 Å². The highest BCUT2D eigenvalue weighted by molar-refractivity contribution is 6.07. The first-order valence-corrected chi connectivity index (χ1v) is 8.98. The van der Waals surface area contributed by atoms with Crippen molar-refractivity contribution in [3.63, 3.8) is 0 Å². The zero-order chi connectivity index (χ0) is 20.8. The number of carbonyl (C=O) groups excluding carboxylic acids is 2. The fourth-order valence-electron chi connectivity index (χ4n) is 2.71. The summed E-state index contributed by atoms with van der Waals surface area (Å²) in [5, 5.41) is 12.8. The number of benzene rings is 3. The van der Waals surface area contributed by atoms with E-state index in [0.29, 0.717) is 17.9 Å². The number of Topliss-reactive ketones (excluding diaryl/α,β-unsaturated/α-hetero) is 1. The number of hydrogen-bond donors (Lipinski definition) is 2. The molecule has 0 atom stereocenters. The Hall–Kier alpha value is -3.80. The molecule has 6 nitrogen and oxygen atoms in total. The first-order valence-electron chi connectivity index (χ1n) is 8.98. The van der Waals surface area contributed by atoms with E-state index in [1.54, 1.807) is 37.4 Å². The van der Waals surface area contributed by atoms with Crippen LogP contribution in [-0.2, 0) is 6.61 Å². The summed E-state index contributed by atoms with van der Waals surface area (Å²) in [6.45, 7) is 1.74. The molecule has 0 unspecified atom stereocenters. The SMILES string of the molecule is COc1ccc(COc2ccc(C(=O)Nc3cccc(C(C)=O)c3O)cc2)cc1. The Labute approximate surface area is 168 Å². The number of phenolic OH excluding ortho intramolecular Hbond substituents is 1. The quantitative estimate of drug-likeness (QED) is 0.460. The summed E-state index contributed by atoms with van der Waals surface area (Å²) < 4.78 is 10.9. The molecule has 3 aromatic rings. The van der Waals surface area contributed by atoms with Gasteiger partial charge in [0.25, 0.3) is 5.91 Å². The first kappa shape index (κ1) is 19.9. The number of anilines is 1. The first-order chi connectivity index (χ1) is 14.0. The third-order valence-corrected chi connectivity index (χ3v) is 4.34. The minimum atomic E-state index is -0.400. The molecule has 0 heterocycles. The number of hydrogen-bond acceptors (Lipinski definition) is 5. The van der Waals surface area contributed by atoms with E-state index in [9.17, 15) is 14.7 Å². The molecular formula is C23H21NO5. The van der Waals surface area contributed by atoms with Crippen molar-refractivity contribution in [2.75, 3.05) is 12.4 Å². The van der Waals surface area contributed by atoms with E-state index in [-0.39, 0.29) is 22.8 Å². The van der Waals surface area contributed by atoms with Gasteiger partial charge in [-0.15, -0.1) is 0 Å². The molecular weight excluding hydrogens is 370 g/mol. The number of carbonyl (C=O) groups is 2. The molecule has 29 heavy (non-hydrogen) atoms. The zero-order valence-electron chi connectivity index (χ0n) is 16.1. The van der Waals surface area contributed by atoms with Crippen LogP contribution >= 0.6 is 0 Å². The number of amides is 1. The highest BCUT2D eigenvalue weighted by atomic mass is 16.5. The van der Waals surface area contributed by atoms with Gasteiger partial charge >= 0.3 is 0 Å². The molecule has 0 spiro atoms. The molecule has 0 aromatic heterocycles. The number of ketones is 1. The van der Waals surface area contributed by atoms with E-state index in [0.717, 1.165) is 11.3 Å². The number of methoxy groups -OCH3 is 1. The maximum Gasteiger partial charge on any atom is 0.255 e. The summed E-state index contributed by atoms with van der Waals surface area (Å²) in [6.07, 6.45) is 0. The van der Waals surface area contributed by atoms with Crippen LogP contribution < -0.4 is 14.8 Å². The summed E-state index contributed by atoms with van der Waals surface area (Å²) >= 11 is 0. The number of aromatic hydroxyl groups is 1. The molecule has 0 saturated carbocycles. The molecule has 0 fully saturated rings. The third-order valence-electron chi connectivity index (χ3n) is 4.34. The van der Waals surface area contributed by atoms with Crippen LogP contribution in [0.25, 0.3) is 0 Å². The molecule has 0 aliphatic heterocycles. The Morgan fingerprint density at radius 1 is 0.931 bits per heavy atom. The molecule has 0 radical (unpaired) electrons. The molecule has 6 heteroatoms. The van der Waals surface area contributed by atoms with E-state index in [2.05, 4.69) is 5.32 Å². The van der Waals surface area contributed by atoms with Crippen LogP contribution in [0.15, 0.2) is 66.7 Å². The van der Waals surface area contributed by atoms with E-state index in [4.69, 9.17) is 9.47 Å². The molecule has 2 N–H and O–H groups in total. The fraction of sp³-hybridized carbons (Fsp3) is 0.130. The van der Waals surface area contributed by atoms with Gasteiger partial charge < -0.3 is 19.9 Å². The Morgan fingerprint density at radius 3 is 2.21 bits per heavy atom. The van der Waals surface area contributed by atoms with Crippen LogP contribution in [0.3, 0.4) is 0 Å². The van der Waals surface area contributed by atoms with Crippen LogP contribution in [0.1, 0.15) is 33.2 Å². The van der Waals surface area contributed by atoms with Crippen molar-refractivity contribution in [1.82, 2.24) is 0 Å². The minimum absolute atomic E-state index is 0.157. The van der Waals surface area contributed by atoms with Crippen LogP contribution in [0.5, 0.6) is 17.2 Å². The normalized spacial score (nSPS) is 10.3. The Kier molecular flexibility index (Phi) is 6.14. The lowest BCUT2D eigenvalue weighted by Crippen LogP contribution is -2.12. The molecule has 0 saturated heterocycles. The van der Waals surface area contributed by atoms with Crippen molar-refractivity contribution in [2.45, 2.75) is 13.5 Å². The van der Waals surface area contributed by atoms with Gasteiger partial charge in [-0.05, 0) is 61.0 Å². The van der Waals surface area contributed by atoms with Gasteiger partial charge in [-0.2, -0.15) is 0 Å². The van der Waals surface area contributed by atoms with Crippen molar-refractivity contribution >= 4 is 17.4 Å². The largest absolute Gasteiger partial charge is 0.505 e. The number of nitrogens with one attached hydrogen (secondary N) is 1. The van der Waals surface area contributed by atoms with Crippen molar-refractivity contribution < 1.29 is 24.2 Å². The molecule has 148 valence electrons. The molecule has 3 aromatic carbocycles. The van der Waals surface area contributed by atoms with Gasteiger partial charge in [0.15, 0.2) is 5.78 Å². The third kappa shape index (κ3) is 4.93. The highest BCUT2D eigenvalue weighted by Crippen LogP contribution is 2.28.